The number of hydrogen-bond acceptors (Lipinski definition) is 8. The minimum absolute atomic E-state index is 0.0630. The zero-order valence-corrected chi connectivity index (χ0v) is 26.2. The van der Waals surface area contributed by atoms with Crippen molar-refractivity contribution in [2.24, 2.45) is 0 Å². The fraction of sp³-hybridized carbons (Fsp3) is 0.205. The van der Waals surface area contributed by atoms with Crippen LogP contribution in [0.25, 0.3) is 0 Å². The van der Waals surface area contributed by atoms with E-state index in [9.17, 15) is 4.79 Å². The number of hydroxylamine groups is 2. The molecule has 2 aliphatic heterocycles. The van der Waals surface area contributed by atoms with Gasteiger partial charge in [0.25, 0.3) is 0 Å². The average molecular weight is 632 g/mol. The van der Waals surface area contributed by atoms with E-state index in [-0.39, 0.29) is 33.0 Å². The van der Waals surface area contributed by atoms with E-state index in [4.69, 9.17) is 28.5 Å². The second-order valence-corrected chi connectivity index (χ2v) is 11.2. The van der Waals surface area contributed by atoms with Crippen molar-refractivity contribution < 1.29 is 33.3 Å². The molecular formula is C39H37NO7. The van der Waals surface area contributed by atoms with Gasteiger partial charge in [-0.3, -0.25) is 4.79 Å². The van der Waals surface area contributed by atoms with Crippen LogP contribution in [0.1, 0.15) is 29.2 Å². The standard InChI is InChI=1S/C39H37NO7/c1-30(41)43-28-35-22-39(29-42-24-31-14-6-2-7-15-31)38(46-27-34-20-12-5-13-21-34)37(45-26-33-18-10-4-11-19-33)36(23-40(39)47-35)44-25-32-16-8-3-9-17-32/h2-23H,24-29H2,1H3/t39-/m1/s1. The third-order valence-corrected chi connectivity index (χ3v) is 7.61. The van der Waals surface area contributed by atoms with Gasteiger partial charge < -0.3 is 28.5 Å². The lowest BCUT2D eigenvalue weighted by molar-refractivity contribution is -0.156. The largest absolute Gasteiger partial charge is 0.486 e. The van der Waals surface area contributed by atoms with E-state index in [0.29, 0.717) is 29.6 Å². The zero-order chi connectivity index (χ0) is 32.3. The summed E-state index contributed by atoms with van der Waals surface area (Å²) in [6.45, 7) is 2.60. The molecular weight excluding hydrogens is 594 g/mol. The Morgan fingerprint density at radius 3 is 1.66 bits per heavy atom. The highest BCUT2D eigenvalue weighted by Gasteiger charge is 2.52. The Morgan fingerprint density at radius 1 is 0.638 bits per heavy atom. The van der Waals surface area contributed by atoms with E-state index >= 15 is 0 Å². The molecule has 0 aromatic heterocycles. The van der Waals surface area contributed by atoms with Crippen LogP contribution in [0.5, 0.6) is 0 Å². The van der Waals surface area contributed by atoms with Gasteiger partial charge in [0, 0.05) is 6.92 Å². The van der Waals surface area contributed by atoms with Crippen molar-refractivity contribution in [3.63, 3.8) is 0 Å². The van der Waals surface area contributed by atoms with Crippen molar-refractivity contribution in [1.29, 1.82) is 0 Å². The molecule has 4 aromatic carbocycles. The predicted octanol–water partition coefficient (Wildman–Crippen LogP) is 7.35. The van der Waals surface area contributed by atoms with Crippen LogP contribution < -0.4 is 0 Å². The summed E-state index contributed by atoms with van der Waals surface area (Å²) in [6.07, 6.45) is 3.62. The molecule has 2 aliphatic rings. The molecule has 240 valence electrons. The maximum absolute atomic E-state index is 11.8. The molecule has 6 rings (SSSR count). The Hall–Kier alpha value is -5.47. The van der Waals surface area contributed by atoms with Crippen molar-refractivity contribution >= 4 is 5.97 Å². The van der Waals surface area contributed by atoms with Gasteiger partial charge in [-0.2, -0.15) is 5.06 Å². The second kappa shape index (κ2) is 15.2. The van der Waals surface area contributed by atoms with Crippen LogP contribution in [0.2, 0.25) is 0 Å². The number of nitrogens with zero attached hydrogens (tertiary/aromatic N) is 1. The van der Waals surface area contributed by atoms with E-state index in [0.717, 1.165) is 22.3 Å². The molecule has 0 N–H and O–H groups in total. The lowest BCUT2D eigenvalue weighted by atomic mass is 9.93. The van der Waals surface area contributed by atoms with E-state index < -0.39 is 11.5 Å². The monoisotopic (exact) mass is 631 g/mol. The third-order valence-electron chi connectivity index (χ3n) is 7.61. The van der Waals surface area contributed by atoms with Crippen LogP contribution in [0.4, 0.5) is 0 Å². The highest BCUT2D eigenvalue weighted by molar-refractivity contribution is 5.66. The van der Waals surface area contributed by atoms with Gasteiger partial charge in [0.15, 0.2) is 29.4 Å². The molecule has 0 saturated carbocycles. The molecule has 2 heterocycles. The summed E-state index contributed by atoms with van der Waals surface area (Å²) in [7, 11) is 0. The third kappa shape index (κ3) is 8.04. The smallest absolute Gasteiger partial charge is 0.303 e. The molecule has 8 heteroatoms. The molecule has 0 bridgehead atoms. The van der Waals surface area contributed by atoms with Crippen molar-refractivity contribution in [2.75, 3.05) is 13.2 Å². The lowest BCUT2D eigenvalue weighted by Crippen LogP contribution is -2.49. The minimum Gasteiger partial charge on any atom is -0.486 e. The SMILES string of the molecule is CC(=O)OCC1=C[C@@]2(COCc3ccccc3)C(OCc3ccccc3)=C(OCc3ccccc3)C(OCc3ccccc3)=CN2O1. The number of esters is 1. The quantitative estimate of drug-likeness (QED) is 0.126. The fourth-order valence-electron chi connectivity index (χ4n) is 5.28. The molecule has 4 aromatic rings. The van der Waals surface area contributed by atoms with Crippen LogP contribution >= 0.6 is 0 Å². The number of fused-ring (bicyclic) bond motifs is 1. The first-order chi connectivity index (χ1) is 23.1. The summed E-state index contributed by atoms with van der Waals surface area (Å²) in [6, 6.07) is 39.6. The van der Waals surface area contributed by atoms with Crippen molar-refractivity contribution in [1.82, 2.24) is 5.06 Å². The number of carbonyl (C=O) groups excluding carboxylic acids is 1. The molecule has 0 amide bonds. The first-order valence-corrected chi connectivity index (χ1v) is 15.5. The van der Waals surface area contributed by atoms with Crippen molar-refractivity contribution in [3.05, 3.63) is 179 Å². The number of rotatable bonds is 15. The van der Waals surface area contributed by atoms with Crippen LogP contribution in [0, 0.1) is 0 Å². The lowest BCUT2D eigenvalue weighted by Gasteiger charge is -2.40. The van der Waals surface area contributed by atoms with Gasteiger partial charge in [0.05, 0.1) is 19.4 Å². The summed E-state index contributed by atoms with van der Waals surface area (Å²) in [4.78, 5) is 18.1. The Bertz CT molecular complexity index is 1710. The van der Waals surface area contributed by atoms with Gasteiger partial charge in [-0.05, 0) is 28.3 Å². The molecule has 0 aliphatic carbocycles. The number of benzene rings is 4. The van der Waals surface area contributed by atoms with Gasteiger partial charge in [-0.15, -0.1) is 0 Å². The topological polar surface area (TPSA) is 75.7 Å². The molecule has 0 saturated heterocycles. The first kappa shape index (κ1) is 31.5. The molecule has 1 atom stereocenters. The van der Waals surface area contributed by atoms with Gasteiger partial charge >= 0.3 is 5.97 Å². The van der Waals surface area contributed by atoms with E-state index in [1.54, 1.807) is 11.3 Å². The van der Waals surface area contributed by atoms with Crippen LogP contribution in [0.15, 0.2) is 157 Å². The molecule has 0 unspecified atom stereocenters. The number of carbonyl (C=O) groups is 1. The Labute approximate surface area is 275 Å². The van der Waals surface area contributed by atoms with Crippen molar-refractivity contribution in [2.45, 2.75) is 38.9 Å². The number of hydrogen-bond donors (Lipinski definition) is 0. The Morgan fingerprint density at radius 2 is 1.13 bits per heavy atom. The normalized spacial score (nSPS) is 16.8. The predicted molar refractivity (Wildman–Crippen MR) is 175 cm³/mol. The van der Waals surface area contributed by atoms with Crippen LogP contribution in [-0.4, -0.2) is 29.8 Å². The molecule has 47 heavy (non-hydrogen) atoms. The zero-order valence-electron chi connectivity index (χ0n) is 26.2. The summed E-state index contributed by atoms with van der Waals surface area (Å²) in [5.74, 6) is 1.31. The molecule has 8 nitrogen and oxygen atoms in total. The second-order valence-electron chi connectivity index (χ2n) is 11.2. The number of ether oxygens (including phenoxy) is 5. The van der Waals surface area contributed by atoms with E-state index in [2.05, 4.69) is 0 Å². The maximum atomic E-state index is 11.8. The summed E-state index contributed by atoms with van der Waals surface area (Å²) in [5.41, 5.74) is 2.86. The van der Waals surface area contributed by atoms with Gasteiger partial charge in [-0.1, -0.05) is 121 Å². The van der Waals surface area contributed by atoms with Gasteiger partial charge in [-0.25, -0.2) is 0 Å². The summed E-state index contributed by atoms with van der Waals surface area (Å²) < 4.78 is 31.5. The summed E-state index contributed by atoms with van der Waals surface area (Å²) in [5, 5.41) is 1.65. The van der Waals surface area contributed by atoms with E-state index in [1.165, 1.54) is 6.92 Å². The highest BCUT2D eigenvalue weighted by atomic mass is 16.7. The Balaban J connectivity index is 1.41. The van der Waals surface area contributed by atoms with E-state index in [1.807, 2.05) is 127 Å². The van der Waals surface area contributed by atoms with Gasteiger partial charge in [0.1, 0.15) is 19.8 Å². The fourth-order valence-corrected chi connectivity index (χ4v) is 5.28. The van der Waals surface area contributed by atoms with Crippen LogP contribution in [-0.2, 0) is 59.7 Å². The summed E-state index contributed by atoms with van der Waals surface area (Å²) >= 11 is 0. The minimum atomic E-state index is -1.11. The van der Waals surface area contributed by atoms with Crippen LogP contribution in [0.3, 0.4) is 0 Å². The average Bonchev–Trinajstić information content (AvgIpc) is 3.47. The first-order valence-electron chi connectivity index (χ1n) is 15.5. The maximum Gasteiger partial charge on any atom is 0.303 e. The molecule has 0 fully saturated rings. The molecule has 0 radical (unpaired) electrons. The Kier molecular flexibility index (Phi) is 10.2. The molecule has 0 spiro atoms. The van der Waals surface area contributed by atoms with Crippen molar-refractivity contribution in [3.8, 4) is 0 Å². The van der Waals surface area contributed by atoms with Gasteiger partial charge in [0.2, 0.25) is 5.76 Å². The highest BCUT2D eigenvalue weighted by Crippen LogP contribution is 2.44.